The molecule has 1 rings (SSSR count). The summed E-state index contributed by atoms with van der Waals surface area (Å²) < 4.78 is 0. The van der Waals surface area contributed by atoms with Gasteiger partial charge in [-0.25, -0.2) is 0 Å². The van der Waals surface area contributed by atoms with Crippen LogP contribution in [0.5, 0.6) is 0 Å². The molecule has 0 aliphatic heterocycles. The van der Waals surface area contributed by atoms with Crippen molar-refractivity contribution in [3.63, 3.8) is 0 Å². The number of Topliss-reactive ketones (excluding diaryl/α,β-unsaturated/α-hetero) is 1. The number of hydrogen-bond acceptors (Lipinski definition) is 2. The molecule has 68 valence electrons. The second-order valence-corrected chi connectivity index (χ2v) is 3.30. The molecule has 0 radical (unpaired) electrons. The summed E-state index contributed by atoms with van der Waals surface area (Å²) in [5, 5.41) is 8.78. The van der Waals surface area contributed by atoms with E-state index in [4.69, 9.17) is 5.26 Å². The maximum atomic E-state index is 11.6. The van der Waals surface area contributed by atoms with Crippen molar-refractivity contribution in [2.75, 3.05) is 0 Å². The van der Waals surface area contributed by atoms with Crippen LogP contribution in [-0.4, -0.2) is 10.8 Å². The van der Waals surface area contributed by atoms with E-state index in [-0.39, 0.29) is 11.7 Å². The van der Waals surface area contributed by atoms with Crippen molar-refractivity contribution in [1.29, 1.82) is 5.26 Å². The highest BCUT2D eigenvalue weighted by molar-refractivity contribution is 5.97. The third kappa shape index (κ3) is 1.97. The minimum atomic E-state index is -0.543. The Morgan fingerprint density at radius 2 is 2.31 bits per heavy atom. The van der Waals surface area contributed by atoms with Gasteiger partial charge in [0.15, 0.2) is 5.78 Å². The van der Waals surface area contributed by atoms with Crippen LogP contribution in [0, 0.1) is 23.2 Å². The highest BCUT2D eigenvalue weighted by Gasteiger charge is 2.23. The number of H-pyrrole nitrogens is 1. The fourth-order valence-corrected chi connectivity index (χ4v) is 1.16. The molecule has 0 spiro atoms. The number of ketones is 1. The first-order valence-electron chi connectivity index (χ1n) is 4.24. The number of aromatic amines is 1. The zero-order valence-electron chi connectivity index (χ0n) is 7.74. The number of nitriles is 1. The second kappa shape index (κ2) is 3.90. The molecule has 0 aromatic carbocycles. The summed E-state index contributed by atoms with van der Waals surface area (Å²) in [6.07, 6.45) is 1.68. The molecule has 3 heteroatoms. The van der Waals surface area contributed by atoms with Gasteiger partial charge in [-0.05, 0) is 18.1 Å². The largest absolute Gasteiger partial charge is 0.359 e. The SMILES string of the molecule is CC(C)C(C#N)C(=O)c1ccc[nH]1. The lowest BCUT2D eigenvalue weighted by atomic mass is 9.91. The van der Waals surface area contributed by atoms with E-state index in [1.807, 2.05) is 19.9 Å². The summed E-state index contributed by atoms with van der Waals surface area (Å²) in [4.78, 5) is 14.4. The predicted molar refractivity (Wildman–Crippen MR) is 49.1 cm³/mol. The summed E-state index contributed by atoms with van der Waals surface area (Å²) >= 11 is 0. The van der Waals surface area contributed by atoms with Gasteiger partial charge in [0.05, 0.1) is 11.8 Å². The van der Waals surface area contributed by atoms with Gasteiger partial charge >= 0.3 is 0 Å². The number of nitrogens with one attached hydrogen (secondary N) is 1. The number of carbonyl (C=O) groups is 1. The average Bonchev–Trinajstić information content (AvgIpc) is 2.56. The van der Waals surface area contributed by atoms with Crippen LogP contribution in [0.15, 0.2) is 18.3 Å². The van der Waals surface area contributed by atoms with Gasteiger partial charge in [0.2, 0.25) is 0 Å². The quantitative estimate of drug-likeness (QED) is 0.716. The maximum Gasteiger partial charge on any atom is 0.196 e. The second-order valence-electron chi connectivity index (χ2n) is 3.30. The van der Waals surface area contributed by atoms with Gasteiger partial charge in [-0.3, -0.25) is 4.79 Å². The normalized spacial score (nSPS) is 12.5. The number of hydrogen-bond donors (Lipinski definition) is 1. The molecule has 0 aliphatic rings. The standard InChI is InChI=1S/C10H12N2O/c1-7(2)8(6-11)10(13)9-4-3-5-12-9/h3-5,7-8,12H,1-2H3. The van der Waals surface area contributed by atoms with Gasteiger partial charge in [-0.15, -0.1) is 0 Å². The molecule has 1 aromatic heterocycles. The molecule has 1 heterocycles. The topological polar surface area (TPSA) is 56.6 Å². The molecule has 1 atom stereocenters. The zero-order chi connectivity index (χ0) is 9.84. The number of rotatable bonds is 3. The van der Waals surface area contributed by atoms with Gasteiger partial charge in [-0.1, -0.05) is 13.8 Å². The molecular formula is C10H12N2O. The summed E-state index contributed by atoms with van der Waals surface area (Å²) in [5.74, 6) is -0.609. The van der Waals surface area contributed by atoms with Crippen LogP contribution in [0.2, 0.25) is 0 Å². The zero-order valence-corrected chi connectivity index (χ0v) is 7.74. The first-order valence-corrected chi connectivity index (χ1v) is 4.24. The number of carbonyl (C=O) groups excluding carboxylic acids is 1. The molecular weight excluding hydrogens is 164 g/mol. The Labute approximate surface area is 77.4 Å². The molecule has 0 bridgehead atoms. The van der Waals surface area contributed by atoms with Crippen molar-refractivity contribution >= 4 is 5.78 Å². The molecule has 1 unspecified atom stereocenters. The number of aromatic nitrogens is 1. The van der Waals surface area contributed by atoms with E-state index in [9.17, 15) is 4.79 Å². The predicted octanol–water partition coefficient (Wildman–Crippen LogP) is 1.99. The van der Waals surface area contributed by atoms with E-state index in [0.717, 1.165) is 0 Å². The van der Waals surface area contributed by atoms with Crippen LogP contribution in [0.1, 0.15) is 24.3 Å². The van der Waals surface area contributed by atoms with E-state index in [0.29, 0.717) is 5.69 Å². The third-order valence-electron chi connectivity index (χ3n) is 1.95. The Morgan fingerprint density at radius 3 is 2.69 bits per heavy atom. The summed E-state index contributed by atoms with van der Waals surface area (Å²) in [6.45, 7) is 3.74. The lowest BCUT2D eigenvalue weighted by Crippen LogP contribution is -2.18. The highest BCUT2D eigenvalue weighted by Crippen LogP contribution is 2.15. The molecule has 1 N–H and O–H groups in total. The van der Waals surface area contributed by atoms with E-state index < -0.39 is 5.92 Å². The van der Waals surface area contributed by atoms with Gasteiger partial charge in [-0.2, -0.15) is 5.26 Å². The summed E-state index contributed by atoms with van der Waals surface area (Å²) in [7, 11) is 0. The summed E-state index contributed by atoms with van der Waals surface area (Å²) in [5.41, 5.74) is 0.514. The molecule has 1 aromatic rings. The van der Waals surface area contributed by atoms with Crippen molar-refractivity contribution in [1.82, 2.24) is 4.98 Å². The van der Waals surface area contributed by atoms with Gasteiger partial charge in [0, 0.05) is 6.20 Å². The fourth-order valence-electron chi connectivity index (χ4n) is 1.16. The Kier molecular flexibility index (Phi) is 2.86. The smallest absolute Gasteiger partial charge is 0.196 e. The van der Waals surface area contributed by atoms with E-state index in [2.05, 4.69) is 4.98 Å². The molecule has 0 saturated heterocycles. The van der Waals surface area contributed by atoms with E-state index in [1.54, 1.807) is 18.3 Å². The van der Waals surface area contributed by atoms with Crippen molar-refractivity contribution < 1.29 is 4.79 Å². The average molecular weight is 176 g/mol. The lowest BCUT2D eigenvalue weighted by Gasteiger charge is -2.09. The Morgan fingerprint density at radius 1 is 1.62 bits per heavy atom. The highest BCUT2D eigenvalue weighted by atomic mass is 16.1. The van der Waals surface area contributed by atoms with Crippen molar-refractivity contribution in [2.45, 2.75) is 13.8 Å². The van der Waals surface area contributed by atoms with Crippen LogP contribution in [0.25, 0.3) is 0 Å². The van der Waals surface area contributed by atoms with Crippen molar-refractivity contribution in [3.8, 4) is 6.07 Å². The Bertz CT molecular complexity index is 319. The third-order valence-corrected chi connectivity index (χ3v) is 1.95. The Balaban J connectivity index is 2.85. The van der Waals surface area contributed by atoms with Crippen LogP contribution >= 0.6 is 0 Å². The Hall–Kier alpha value is -1.56. The lowest BCUT2D eigenvalue weighted by molar-refractivity contribution is 0.0920. The van der Waals surface area contributed by atoms with E-state index >= 15 is 0 Å². The molecule has 13 heavy (non-hydrogen) atoms. The van der Waals surface area contributed by atoms with Gasteiger partial charge < -0.3 is 4.98 Å². The first-order chi connectivity index (χ1) is 6.16. The van der Waals surface area contributed by atoms with Crippen LogP contribution in [-0.2, 0) is 0 Å². The van der Waals surface area contributed by atoms with Crippen LogP contribution < -0.4 is 0 Å². The fraction of sp³-hybridized carbons (Fsp3) is 0.400. The van der Waals surface area contributed by atoms with E-state index in [1.165, 1.54) is 0 Å². The minimum absolute atomic E-state index is 0.0563. The minimum Gasteiger partial charge on any atom is -0.359 e. The molecule has 3 nitrogen and oxygen atoms in total. The van der Waals surface area contributed by atoms with Crippen LogP contribution in [0.3, 0.4) is 0 Å². The summed E-state index contributed by atoms with van der Waals surface area (Å²) in [6, 6.07) is 5.46. The first kappa shape index (κ1) is 9.53. The molecule has 0 fully saturated rings. The van der Waals surface area contributed by atoms with Gasteiger partial charge in [0.1, 0.15) is 5.92 Å². The molecule has 0 aliphatic carbocycles. The molecule has 0 amide bonds. The van der Waals surface area contributed by atoms with Crippen LogP contribution in [0.4, 0.5) is 0 Å². The maximum absolute atomic E-state index is 11.6. The van der Waals surface area contributed by atoms with Gasteiger partial charge in [0.25, 0.3) is 0 Å². The van der Waals surface area contributed by atoms with Crippen molar-refractivity contribution in [3.05, 3.63) is 24.0 Å². The number of nitrogens with zero attached hydrogens (tertiary/aromatic N) is 1. The van der Waals surface area contributed by atoms with Crippen molar-refractivity contribution in [2.24, 2.45) is 11.8 Å². The molecule has 0 saturated carbocycles. The monoisotopic (exact) mass is 176 g/mol.